The standard InChI is InChI=1S/C29H62NO5P/c1-5-7-9-11-13-15-17-19-21-23-25-30(3,4)27-29(31)28-35-36(32,33)34-26-24-22-20-18-16-14-12-10-8-6-2/h29,31H,5-28H2,1-4H3/p+1. The molecule has 2 N–H and O–H groups in total. The fourth-order valence-electron chi connectivity index (χ4n) is 4.73. The lowest BCUT2D eigenvalue weighted by molar-refractivity contribution is -0.893. The highest BCUT2D eigenvalue weighted by Gasteiger charge is 2.26. The van der Waals surface area contributed by atoms with E-state index in [1.165, 1.54) is 103 Å². The van der Waals surface area contributed by atoms with Gasteiger partial charge in [0, 0.05) is 0 Å². The third kappa shape index (κ3) is 25.7. The smallest absolute Gasteiger partial charge is 0.385 e. The van der Waals surface area contributed by atoms with E-state index in [9.17, 15) is 14.6 Å². The minimum atomic E-state index is -4.10. The largest absolute Gasteiger partial charge is 0.472 e. The number of nitrogens with zero attached hydrogens (tertiary/aromatic N) is 1. The van der Waals surface area contributed by atoms with Gasteiger partial charge in [-0.3, -0.25) is 9.05 Å². The van der Waals surface area contributed by atoms with Gasteiger partial charge in [-0.25, -0.2) is 4.57 Å². The number of likely N-dealkylation sites (N-methyl/N-ethyl adjacent to an activating group) is 1. The topological polar surface area (TPSA) is 76.0 Å². The number of hydrogen-bond donors (Lipinski definition) is 2. The molecule has 0 aromatic carbocycles. The van der Waals surface area contributed by atoms with Gasteiger partial charge in [-0.15, -0.1) is 0 Å². The van der Waals surface area contributed by atoms with Crippen molar-refractivity contribution in [3.63, 3.8) is 0 Å². The Morgan fingerprint density at radius 1 is 0.639 bits per heavy atom. The number of unbranched alkanes of at least 4 members (excludes halogenated alkanes) is 18. The molecule has 0 heterocycles. The van der Waals surface area contributed by atoms with E-state index in [-0.39, 0.29) is 13.2 Å². The maximum absolute atomic E-state index is 12.1. The van der Waals surface area contributed by atoms with Gasteiger partial charge >= 0.3 is 7.82 Å². The molecule has 0 aromatic heterocycles. The van der Waals surface area contributed by atoms with Crippen molar-refractivity contribution < 1.29 is 28.1 Å². The summed E-state index contributed by atoms with van der Waals surface area (Å²) in [5, 5.41) is 10.3. The first kappa shape index (κ1) is 36.0. The van der Waals surface area contributed by atoms with Crippen LogP contribution in [0.2, 0.25) is 0 Å². The second-order valence-corrected chi connectivity index (χ2v) is 12.9. The molecular formula is C29H63NO5P+. The van der Waals surface area contributed by atoms with Crippen LogP contribution in [0, 0.1) is 0 Å². The molecule has 0 aromatic rings. The number of rotatable bonds is 28. The SMILES string of the molecule is CCCCCCCCCCCCOP(=O)(O)OCC(O)C[N+](C)(C)CCCCCCCCCCCC. The highest BCUT2D eigenvalue weighted by atomic mass is 31.2. The second-order valence-electron chi connectivity index (χ2n) is 11.5. The molecule has 36 heavy (non-hydrogen) atoms. The summed E-state index contributed by atoms with van der Waals surface area (Å²) in [6, 6.07) is 0. The van der Waals surface area contributed by atoms with Crippen molar-refractivity contribution in [1.82, 2.24) is 0 Å². The van der Waals surface area contributed by atoms with Crippen molar-refractivity contribution in [2.45, 2.75) is 148 Å². The molecule has 0 radical (unpaired) electrons. The number of quaternary nitrogens is 1. The third-order valence-corrected chi connectivity index (χ3v) is 7.99. The predicted octanol–water partition coefficient (Wildman–Crippen LogP) is 8.40. The summed E-state index contributed by atoms with van der Waals surface area (Å²) in [4.78, 5) is 9.90. The summed E-state index contributed by atoms with van der Waals surface area (Å²) >= 11 is 0. The van der Waals surface area contributed by atoms with E-state index in [1.54, 1.807) is 0 Å². The normalized spacial score (nSPS) is 14.7. The molecule has 0 amide bonds. The zero-order valence-electron chi connectivity index (χ0n) is 24.6. The van der Waals surface area contributed by atoms with Gasteiger partial charge in [0.25, 0.3) is 0 Å². The van der Waals surface area contributed by atoms with Crippen molar-refractivity contribution >= 4 is 7.82 Å². The number of aliphatic hydroxyl groups is 1. The van der Waals surface area contributed by atoms with Crippen LogP contribution in [0.1, 0.15) is 142 Å². The molecule has 0 saturated carbocycles. The van der Waals surface area contributed by atoms with Crippen LogP contribution >= 0.6 is 7.82 Å². The fraction of sp³-hybridized carbons (Fsp3) is 1.00. The first-order valence-corrected chi connectivity index (χ1v) is 16.8. The molecule has 0 aliphatic rings. The van der Waals surface area contributed by atoms with E-state index >= 15 is 0 Å². The second kappa shape index (κ2) is 24.1. The number of phosphoric acid groups is 1. The summed E-state index contributed by atoms with van der Waals surface area (Å²) < 4.78 is 22.9. The Balaban J connectivity index is 3.73. The van der Waals surface area contributed by atoms with Crippen LogP contribution in [-0.2, 0) is 13.6 Å². The molecule has 2 unspecified atom stereocenters. The highest BCUT2D eigenvalue weighted by Crippen LogP contribution is 2.43. The summed E-state index contributed by atoms with van der Waals surface area (Å²) in [6.07, 6.45) is 24.3. The Kier molecular flexibility index (Phi) is 24.1. The maximum atomic E-state index is 12.1. The minimum absolute atomic E-state index is 0.175. The zero-order valence-corrected chi connectivity index (χ0v) is 25.5. The average molecular weight is 537 g/mol. The lowest BCUT2D eigenvalue weighted by Gasteiger charge is -2.32. The Hall–Kier alpha value is 0.0300. The van der Waals surface area contributed by atoms with Crippen LogP contribution in [0.5, 0.6) is 0 Å². The van der Waals surface area contributed by atoms with Gasteiger partial charge in [0.05, 0.1) is 33.9 Å². The predicted molar refractivity (Wildman–Crippen MR) is 153 cm³/mol. The van der Waals surface area contributed by atoms with Gasteiger partial charge in [0.1, 0.15) is 12.6 Å². The van der Waals surface area contributed by atoms with Gasteiger partial charge in [-0.1, -0.05) is 123 Å². The van der Waals surface area contributed by atoms with Crippen LogP contribution < -0.4 is 0 Å². The Bertz CT molecular complexity index is 518. The summed E-state index contributed by atoms with van der Waals surface area (Å²) in [6.45, 7) is 6.02. The quantitative estimate of drug-likeness (QED) is 0.0596. The third-order valence-electron chi connectivity index (χ3n) is 7.00. The molecule has 0 aliphatic carbocycles. The van der Waals surface area contributed by atoms with Crippen LogP contribution in [-0.4, -0.2) is 61.0 Å². The fourth-order valence-corrected chi connectivity index (χ4v) is 5.52. The lowest BCUT2D eigenvalue weighted by Crippen LogP contribution is -2.47. The van der Waals surface area contributed by atoms with Crippen molar-refractivity contribution in [1.29, 1.82) is 0 Å². The molecule has 0 rings (SSSR count). The van der Waals surface area contributed by atoms with E-state index in [0.717, 1.165) is 32.2 Å². The Morgan fingerprint density at radius 2 is 1.03 bits per heavy atom. The van der Waals surface area contributed by atoms with Crippen LogP contribution in [0.3, 0.4) is 0 Å². The monoisotopic (exact) mass is 536 g/mol. The van der Waals surface area contributed by atoms with Gasteiger partial charge in [-0.2, -0.15) is 0 Å². The van der Waals surface area contributed by atoms with E-state index in [4.69, 9.17) is 9.05 Å². The van der Waals surface area contributed by atoms with Gasteiger partial charge in [-0.05, 0) is 19.3 Å². The molecule has 218 valence electrons. The van der Waals surface area contributed by atoms with E-state index in [1.807, 2.05) is 0 Å². The molecule has 0 bridgehead atoms. The van der Waals surface area contributed by atoms with Crippen molar-refractivity contribution in [3.8, 4) is 0 Å². The molecule has 0 saturated heterocycles. The summed E-state index contributed by atoms with van der Waals surface area (Å²) in [5.74, 6) is 0. The van der Waals surface area contributed by atoms with Crippen LogP contribution in [0.25, 0.3) is 0 Å². The molecular weight excluding hydrogens is 473 g/mol. The van der Waals surface area contributed by atoms with Crippen LogP contribution in [0.4, 0.5) is 0 Å². The number of aliphatic hydroxyl groups excluding tert-OH is 1. The summed E-state index contributed by atoms with van der Waals surface area (Å²) in [5.41, 5.74) is 0. The van der Waals surface area contributed by atoms with Crippen molar-refractivity contribution in [3.05, 3.63) is 0 Å². The van der Waals surface area contributed by atoms with Crippen LogP contribution in [0.15, 0.2) is 0 Å². The summed E-state index contributed by atoms with van der Waals surface area (Å²) in [7, 11) is 0.0867. The van der Waals surface area contributed by atoms with Crippen molar-refractivity contribution in [2.24, 2.45) is 0 Å². The van der Waals surface area contributed by atoms with E-state index in [2.05, 4.69) is 27.9 Å². The molecule has 0 fully saturated rings. The highest BCUT2D eigenvalue weighted by molar-refractivity contribution is 7.47. The Morgan fingerprint density at radius 3 is 1.47 bits per heavy atom. The molecule has 7 heteroatoms. The molecule has 0 aliphatic heterocycles. The lowest BCUT2D eigenvalue weighted by atomic mass is 10.1. The average Bonchev–Trinajstić information content (AvgIpc) is 2.82. The first-order valence-electron chi connectivity index (χ1n) is 15.3. The molecule has 2 atom stereocenters. The van der Waals surface area contributed by atoms with Gasteiger partial charge in [0.15, 0.2) is 0 Å². The number of hydrogen-bond acceptors (Lipinski definition) is 4. The Labute approximate surface area is 224 Å². The first-order chi connectivity index (χ1) is 17.2. The van der Waals surface area contributed by atoms with E-state index in [0.29, 0.717) is 11.0 Å². The zero-order chi connectivity index (χ0) is 27.0. The molecule has 6 nitrogen and oxygen atoms in total. The van der Waals surface area contributed by atoms with E-state index < -0.39 is 13.9 Å². The maximum Gasteiger partial charge on any atom is 0.472 e. The van der Waals surface area contributed by atoms with Gasteiger partial charge in [0.2, 0.25) is 0 Å². The minimum Gasteiger partial charge on any atom is -0.385 e. The number of phosphoric ester groups is 1. The van der Waals surface area contributed by atoms with Gasteiger partial charge < -0.3 is 14.5 Å². The van der Waals surface area contributed by atoms with Crippen molar-refractivity contribution in [2.75, 3.05) is 40.4 Å². The molecule has 0 spiro atoms.